The highest BCUT2D eigenvalue weighted by Crippen LogP contribution is 2.08. The van der Waals surface area contributed by atoms with Crippen molar-refractivity contribution >= 4 is 31.5 Å². The van der Waals surface area contributed by atoms with Gasteiger partial charge in [0.15, 0.2) is 0 Å². The molecule has 0 radical (unpaired) electrons. The predicted molar refractivity (Wildman–Crippen MR) is 66.1 cm³/mol. The quantitative estimate of drug-likeness (QED) is 0.633. The van der Waals surface area contributed by atoms with E-state index in [9.17, 15) is 16.8 Å². The van der Waals surface area contributed by atoms with Crippen molar-refractivity contribution in [1.82, 2.24) is 4.31 Å². The summed E-state index contributed by atoms with van der Waals surface area (Å²) < 4.78 is 46.7. The molecule has 0 aliphatic rings. The Bertz CT molecular complexity index is 402. The Morgan fingerprint density at radius 3 is 1.94 bits per heavy atom. The van der Waals surface area contributed by atoms with Crippen molar-refractivity contribution in [2.24, 2.45) is 0 Å². The number of rotatable bonds is 7. The number of hydrogen-bond donors (Lipinski definition) is 0. The van der Waals surface area contributed by atoms with Gasteiger partial charge in [-0.1, -0.05) is 0 Å². The van der Waals surface area contributed by atoms with Crippen LogP contribution >= 0.6 is 11.6 Å². The van der Waals surface area contributed by atoms with Gasteiger partial charge < -0.3 is 0 Å². The van der Waals surface area contributed by atoms with Gasteiger partial charge in [0.1, 0.15) is 9.84 Å². The average molecular weight is 292 g/mol. The molecule has 0 aromatic heterocycles. The van der Waals surface area contributed by atoms with Crippen LogP contribution in [0.5, 0.6) is 0 Å². The molecule has 5 nitrogen and oxygen atoms in total. The lowest BCUT2D eigenvalue weighted by Gasteiger charge is -2.24. The van der Waals surface area contributed by atoms with Crippen molar-refractivity contribution in [1.29, 1.82) is 0 Å². The van der Waals surface area contributed by atoms with Gasteiger partial charge in [0.05, 0.1) is 11.5 Å². The largest absolute Gasteiger partial charge is 0.229 e. The molecule has 98 valence electrons. The summed E-state index contributed by atoms with van der Waals surface area (Å²) in [5.41, 5.74) is 0. The molecule has 0 spiro atoms. The van der Waals surface area contributed by atoms with Crippen LogP contribution in [-0.2, 0) is 19.9 Å². The number of nitrogens with zero attached hydrogens (tertiary/aromatic N) is 1. The number of alkyl halides is 1. The molecule has 8 heteroatoms. The number of hydrogen-bond acceptors (Lipinski definition) is 4. The van der Waals surface area contributed by atoms with Crippen LogP contribution in [-0.4, -0.2) is 57.4 Å². The first-order chi connectivity index (χ1) is 7.10. The highest BCUT2D eigenvalue weighted by Gasteiger charge is 2.25. The zero-order valence-electron chi connectivity index (χ0n) is 9.68. The van der Waals surface area contributed by atoms with Gasteiger partial charge in [0.2, 0.25) is 10.0 Å². The number of sulfone groups is 1. The van der Waals surface area contributed by atoms with Gasteiger partial charge in [0, 0.05) is 24.7 Å². The molecule has 16 heavy (non-hydrogen) atoms. The van der Waals surface area contributed by atoms with Crippen molar-refractivity contribution in [3.8, 4) is 0 Å². The van der Waals surface area contributed by atoms with Gasteiger partial charge in [0.25, 0.3) is 0 Å². The Morgan fingerprint density at radius 1 is 1.12 bits per heavy atom. The normalized spacial score (nSPS) is 13.6. The molecule has 0 rings (SSSR count). The van der Waals surface area contributed by atoms with E-state index in [0.29, 0.717) is 0 Å². The fourth-order valence-corrected chi connectivity index (χ4v) is 4.76. The van der Waals surface area contributed by atoms with E-state index >= 15 is 0 Å². The van der Waals surface area contributed by atoms with Gasteiger partial charge in [-0.15, -0.1) is 11.6 Å². The third kappa shape index (κ3) is 6.03. The first kappa shape index (κ1) is 16.1. The van der Waals surface area contributed by atoms with Gasteiger partial charge in [-0.2, -0.15) is 4.31 Å². The van der Waals surface area contributed by atoms with Crippen LogP contribution in [0.25, 0.3) is 0 Å². The van der Waals surface area contributed by atoms with Crippen molar-refractivity contribution in [3.63, 3.8) is 0 Å². The molecule has 0 aromatic carbocycles. The summed E-state index contributed by atoms with van der Waals surface area (Å²) in [6.07, 6.45) is 1.02. The zero-order valence-corrected chi connectivity index (χ0v) is 12.1. The third-order valence-electron chi connectivity index (χ3n) is 1.95. The topological polar surface area (TPSA) is 71.5 Å². The Morgan fingerprint density at radius 2 is 1.62 bits per heavy atom. The van der Waals surface area contributed by atoms with E-state index in [1.54, 1.807) is 13.8 Å². The zero-order chi connectivity index (χ0) is 13.0. The van der Waals surface area contributed by atoms with Crippen molar-refractivity contribution in [2.45, 2.75) is 19.9 Å². The van der Waals surface area contributed by atoms with E-state index in [0.717, 1.165) is 6.26 Å². The van der Waals surface area contributed by atoms with E-state index in [2.05, 4.69) is 0 Å². The van der Waals surface area contributed by atoms with Gasteiger partial charge in [-0.05, 0) is 13.8 Å². The second kappa shape index (κ2) is 6.18. The third-order valence-corrected chi connectivity index (χ3v) is 5.36. The molecule has 0 N–H and O–H groups in total. The van der Waals surface area contributed by atoms with Crippen LogP contribution in [0.15, 0.2) is 0 Å². The van der Waals surface area contributed by atoms with E-state index in [1.165, 1.54) is 4.31 Å². The monoisotopic (exact) mass is 291 g/mol. The van der Waals surface area contributed by atoms with Crippen molar-refractivity contribution < 1.29 is 16.8 Å². The van der Waals surface area contributed by atoms with E-state index in [4.69, 9.17) is 11.6 Å². The summed E-state index contributed by atoms with van der Waals surface area (Å²) in [5, 5.41) is 0. The SMILES string of the molecule is CC(C)N(CCCl)S(=O)(=O)CCS(C)(=O)=O. The van der Waals surface area contributed by atoms with Crippen LogP contribution < -0.4 is 0 Å². The molecule has 0 amide bonds. The standard InChI is InChI=1S/C8H18ClNO4S2/c1-8(2)10(5-4-9)16(13,14)7-6-15(3,11)12/h8H,4-7H2,1-3H3. The number of halogens is 1. The fraction of sp³-hybridized carbons (Fsp3) is 1.00. The molecule has 0 atom stereocenters. The molecule has 0 fully saturated rings. The van der Waals surface area contributed by atoms with Gasteiger partial charge in [-0.3, -0.25) is 0 Å². The lowest BCUT2D eigenvalue weighted by atomic mass is 10.4. The lowest BCUT2D eigenvalue weighted by molar-refractivity contribution is 0.371. The fourth-order valence-electron chi connectivity index (χ4n) is 1.18. The van der Waals surface area contributed by atoms with Crippen LogP contribution in [0.1, 0.15) is 13.8 Å². The van der Waals surface area contributed by atoms with E-state index < -0.39 is 19.9 Å². The molecule has 0 aliphatic carbocycles. The molecular formula is C8H18ClNO4S2. The summed E-state index contributed by atoms with van der Waals surface area (Å²) >= 11 is 5.51. The molecule has 0 aliphatic heterocycles. The maximum atomic E-state index is 11.8. The molecule has 0 heterocycles. The second-order valence-corrected chi connectivity index (χ2v) is 8.52. The summed E-state index contributed by atoms with van der Waals surface area (Å²) in [5.74, 6) is -0.558. The smallest absolute Gasteiger partial charge is 0.215 e. The first-order valence-corrected chi connectivity index (χ1v) is 9.04. The minimum atomic E-state index is -3.55. The Labute approximate surface area is 103 Å². The van der Waals surface area contributed by atoms with Crippen molar-refractivity contribution in [3.05, 3.63) is 0 Å². The van der Waals surface area contributed by atoms with E-state index in [1.807, 2.05) is 0 Å². The minimum Gasteiger partial charge on any atom is -0.229 e. The molecule has 0 aromatic rings. The Hall–Kier alpha value is 0.150. The molecule has 0 bridgehead atoms. The highest BCUT2D eigenvalue weighted by molar-refractivity contribution is 7.93. The predicted octanol–water partition coefficient (Wildman–Crippen LogP) is 0.310. The first-order valence-electron chi connectivity index (χ1n) is 4.83. The average Bonchev–Trinajstić information content (AvgIpc) is 2.09. The lowest BCUT2D eigenvalue weighted by Crippen LogP contribution is -2.41. The maximum Gasteiger partial charge on any atom is 0.215 e. The molecule has 0 saturated heterocycles. The van der Waals surface area contributed by atoms with Crippen molar-refractivity contribution in [2.75, 3.05) is 30.2 Å². The molecular weight excluding hydrogens is 274 g/mol. The van der Waals surface area contributed by atoms with Crippen LogP contribution in [0.2, 0.25) is 0 Å². The van der Waals surface area contributed by atoms with Gasteiger partial charge in [-0.25, -0.2) is 16.8 Å². The Kier molecular flexibility index (Phi) is 6.24. The number of sulfonamides is 1. The van der Waals surface area contributed by atoms with Crippen LogP contribution in [0.4, 0.5) is 0 Å². The summed E-state index contributed by atoms with van der Waals surface area (Å²) in [4.78, 5) is 0. The van der Waals surface area contributed by atoms with E-state index in [-0.39, 0.29) is 30.0 Å². The van der Waals surface area contributed by atoms with Gasteiger partial charge >= 0.3 is 0 Å². The summed E-state index contributed by atoms with van der Waals surface area (Å²) in [6.45, 7) is 3.65. The maximum absolute atomic E-state index is 11.8. The summed E-state index contributed by atoms with van der Waals surface area (Å²) in [6, 6.07) is -0.219. The summed E-state index contributed by atoms with van der Waals surface area (Å²) in [7, 11) is -6.82. The molecule has 0 saturated carbocycles. The minimum absolute atomic E-state index is 0.191. The molecule has 0 unspecified atom stereocenters. The second-order valence-electron chi connectivity index (χ2n) is 3.84. The highest BCUT2D eigenvalue weighted by atomic mass is 35.5. The Balaban J connectivity index is 4.74. The van der Waals surface area contributed by atoms with Crippen LogP contribution in [0, 0.1) is 0 Å². The van der Waals surface area contributed by atoms with Crippen LogP contribution in [0.3, 0.4) is 0 Å².